The molecule has 0 bridgehead atoms. The predicted molar refractivity (Wildman–Crippen MR) is 74.7 cm³/mol. The Morgan fingerprint density at radius 1 is 1.25 bits per heavy atom. The first-order valence-electron chi connectivity index (χ1n) is 5.83. The lowest BCUT2D eigenvalue weighted by molar-refractivity contribution is 0.399. The maximum atomic E-state index is 13.7. The van der Waals surface area contributed by atoms with Crippen molar-refractivity contribution >= 4 is 21.7 Å². The van der Waals surface area contributed by atoms with Crippen LogP contribution >= 0.6 is 15.9 Å². The number of nitrogens with two attached hydrogens (primary N) is 1. The summed E-state index contributed by atoms with van der Waals surface area (Å²) < 4.78 is 32.8. The lowest BCUT2D eigenvalue weighted by Crippen LogP contribution is -2.05. The van der Waals surface area contributed by atoms with Gasteiger partial charge >= 0.3 is 0 Å². The van der Waals surface area contributed by atoms with E-state index in [9.17, 15) is 8.78 Å². The van der Waals surface area contributed by atoms with Gasteiger partial charge < -0.3 is 10.5 Å². The molecule has 0 aliphatic rings. The number of aromatic nitrogens is 2. The minimum absolute atomic E-state index is 0.0220. The number of rotatable bonds is 3. The molecule has 2 N–H and O–H groups in total. The van der Waals surface area contributed by atoms with E-state index in [2.05, 4.69) is 25.9 Å². The molecule has 0 aliphatic carbocycles. The first kappa shape index (κ1) is 14.6. The first-order valence-corrected chi connectivity index (χ1v) is 6.62. The molecule has 0 atom stereocenters. The van der Waals surface area contributed by atoms with Crippen molar-refractivity contribution in [1.82, 2.24) is 9.97 Å². The number of benzene rings is 1. The Morgan fingerprint density at radius 3 is 2.60 bits per heavy atom. The van der Waals surface area contributed by atoms with Gasteiger partial charge in [-0.15, -0.1) is 0 Å². The highest BCUT2D eigenvalue weighted by atomic mass is 79.9. The van der Waals surface area contributed by atoms with Crippen molar-refractivity contribution < 1.29 is 13.5 Å². The summed E-state index contributed by atoms with van der Waals surface area (Å²) in [5.41, 5.74) is 6.31. The summed E-state index contributed by atoms with van der Waals surface area (Å²) in [6.07, 6.45) is 1.21. The highest BCUT2D eigenvalue weighted by molar-refractivity contribution is 9.10. The van der Waals surface area contributed by atoms with Crippen molar-refractivity contribution in [2.24, 2.45) is 0 Å². The van der Waals surface area contributed by atoms with Crippen LogP contribution < -0.4 is 10.5 Å². The normalized spacial score (nSPS) is 10.9. The molecule has 1 aromatic carbocycles. The van der Waals surface area contributed by atoms with Crippen molar-refractivity contribution in [1.29, 1.82) is 0 Å². The first-order chi connectivity index (χ1) is 9.40. The van der Waals surface area contributed by atoms with E-state index in [1.807, 2.05) is 13.8 Å². The van der Waals surface area contributed by atoms with Crippen LogP contribution in [0.3, 0.4) is 0 Å². The Balaban J connectivity index is 2.48. The molecule has 4 nitrogen and oxygen atoms in total. The molecular weight excluding hydrogens is 332 g/mol. The van der Waals surface area contributed by atoms with Crippen LogP contribution in [0.15, 0.2) is 22.9 Å². The molecule has 0 saturated carbocycles. The van der Waals surface area contributed by atoms with E-state index in [1.54, 1.807) is 0 Å². The Kier molecular flexibility index (Phi) is 4.17. The molecule has 0 spiro atoms. The number of halogens is 3. The molecule has 7 heteroatoms. The van der Waals surface area contributed by atoms with Crippen LogP contribution in [0.1, 0.15) is 25.3 Å². The summed E-state index contributed by atoms with van der Waals surface area (Å²) in [6, 6.07) is 2.33. The van der Waals surface area contributed by atoms with E-state index >= 15 is 0 Å². The van der Waals surface area contributed by atoms with Crippen LogP contribution in [-0.4, -0.2) is 9.97 Å². The number of anilines is 1. The van der Waals surface area contributed by atoms with E-state index in [-0.39, 0.29) is 23.4 Å². The van der Waals surface area contributed by atoms with Crippen molar-refractivity contribution in [3.05, 3.63) is 40.1 Å². The van der Waals surface area contributed by atoms with Crippen LogP contribution in [0.25, 0.3) is 0 Å². The minimum Gasteiger partial charge on any atom is -0.435 e. The average Bonchev–Trinajstić information content (AvgIpc) is 2.35. The van der Waals surface area contributed by atoms with Gasteiger partial charge in [-0.2, -0.15) is 4.39 Å². The van der Waals surface area contributed by atoms with Gasteiger partial charge in [0.05, 0.1) is 5.56 Å². The summed E-state index contributed by atoms with van der Waals surface area (Å²) in [5.74, 6) is -2.02. The molecule has 0 saturated heterocycles. The lowest BCUT2D eigenvalue weighted by atomic mass is 10.1. The van der Waals surface area contributed by atoms with Gasteiger partial charge in [0.25, 0.3) is 0 Å². The third kappa shape index (κ3) is 2.87. The van der Waals surface area contributed by atoms with Gasteiger partial charge in [-0.1, -0.05) is 29.8 Å². The smallest absolute Gasteiger partial charge is 0.228 e. The summed E-state index contributed by atoms with van der Waals surface area (Å²) in [4.78, 5) is 7.81. The summed E-state index contributed by atoms with van der Waals surface area (Å²) in [6.45, 7) is 3.75. The molecule has 2 rings (SSSR count). The number of nitrogen functional groups attached to an aromatic ring is 1. The molecule has 0 aliphatic heterocycles. The minimum atomic E-state index is -1.08. The number of hydrogen-bond donors (Lipinski definition) is 1. The van der Waals surface area contributed by atoms with E-state index in [0.29, 0.717) is 10.0 Å². The monoisotopic (exact) mass is 343 g/mol. The maximum Gasteiger partial charge on any atom is 0.228 e. The fourth-order valence-corrected chi connectivity index (χ4v) is 2.14. The molecule has 0 fully saturated rings. The van der Waals surface area contributed by atoms with Gasteiger partial charge in [0, 0.05) is 4.47 Å². The Morgan fingerprint density at radius 2 is 1.95 bits per heavy atom. The summed E-state index contributed by atoms with van der Waals surface area (Å²) in [5, 5.41) is 0. The quantitative estimate of drug-likeness (QED) is 0.855. The zero-order chi connectivity index (χ0) is 14.9. The molecule has 0 unspecified atom stereocenters. The highest BCUT2D eigenvalue weighted by Crippen LogP contribution is 2.34. The third-order valence-electron chi connectivity index (χ3n) is 2.62. The van der Waals surface area contributed by atoms with Gasteiger partial charge in [-0.25, -0.2) is 14.4 Å². The topological polar surface area (TPSA) is 61.0 Å². The van der Waals surface area contributed by atoms with Gasteiger partial charge in [-0.3, -0.25) is 0 Å². The van der Waals surface area contributed by atoms with Gasteiger partial charge in [0.2, 0.25) is 11.7 Å². The second-order valence-electron chi connectivity index (χ2n) is 4.43. The van der Waals surface area contributed by atoms with Crippen LogP contribution in [-0.2, 0) is 0 Å². The zero-order valence-electron chi connectivity index (χ0n) is 10.8. The lowest BCUT2D eigenvalue weighted by Gasteiger charge is -2.14. The van der Waals surface area contributed by atoms with Crippen LogP contribution in [0, 0.1) is 11.6 Å². The molecule has 2 aromatic rings. The van der Waals surface area contributed by atoms with Crippen molar-refractivity contribution in [2.45, 2.75) is 19.8 Å². The molecule has 1 aromatic heterocycles. The molecule has 0 radical (unpaired) electrons. The molecule has 0 amide bonds. The van der Waals surface area contributed by atoms with E-state index in [1.165, 1.54) is 12.4 Å². The number of ether oxygens (including phenoxy) is 1. The second-order valence-corrected chi connectivity index (χ2v) is 5.35. The third-order valence-corrected chi connectivity index (χ3v) is 3.08. The fraction of sp³-hybridized carbons (Fsp3) is 0.231. The fourth-order valence-electron chi connectivity index (χ4n) is 1.73. The standard InChI is InChI=1S/C13H12BrF2N3O/c1-6(2)10-12(17)18-5-19-13(10)20-9-4-7(14)3-8(15)11(9)16/h3-6H,1-2H3,(H2,17,18,19). The molecule has 106 valence electrons. The van der Waals surface area contributed by atoms with Gasteiger partial charge in [0.15, 0.2) is 11.6 Å². The summed E-state index contributed by atoms with van der Waals surface area (Å²) in [7, 11) is 0. The number of hydrogen-bond acceptors (Lipinski definition) is 4. The van der Waals surface area contributed by atoms with E-state index < -0.39 is 11.6 Å². The Bertz CT molecular complexity index is 650. The van der Waals surface area contributed by atoms with Crippen molar-refractivity contribution in [3.63, 3.8) is 0 Å². The van der Waals surface area contributed by atoms with E-state index in [0.717, 1.165) is 6.07 Å². The zero-order valence-corrected chi connectivity index (χ0v) is 12.4. The van der Waals surface area contributed by atoms with E-state index in [4.69, 9.17) is 10.5 Å². The van der Waals surface area contributed by atoms with Crippen molar-refractivity contribution in [3.8, 4) is 11.6 Å². The molecular formula is C13H12BrF2N3O. The Labute approximate surface area is 123 Å². The predicted octanol–water partition coefficient (Wildman–Crippen LogP) is 4.02. The second kappa shape index (κ2) is 5.70. The van der Waals surface area contributed by atoms with Gasteiger partial charge in [-0.05, 0) is 18.1 Å². The molecule has 20 heavy (non-hydrogen) atoms. The average molecular weight is 344 g/mol. The molecule has 1 heterocycles. The SMILES string of the molecule is CC(C)c1c(N)ncnc1Oc1cc(Br)cc(F)c1F. The van der Waals surface area contributed by atoms with Crippen LogP contribution in [0.4, 0.5) is 14.6 Å². The summed E-state index contributed by atoms with van der Waals surface area (Å²) >= 11 is 3.08. The van der Waals surface area contributed by atoms with Crippen molar-refractivity contribution in [2.75, 3.05) is 5.73 Å². The van der Waals surface area contributed by atoms with Crippen LogP contribution in [0.5, 0.6) is 11.6 Å². The number of nitrogens with zero attached hydrogens (tertiary/aromatic N) is 2. The maximum absolute atomic E-state index is 13.7. The highest BCUT2D eigenvalue weighted by Gasteiger charge is 2.18. The Hall–Kier alpha value is -1.76. The largest absolute Gasteiger partial charge is 0.435 e. The van der Waals surface area contributed by atoms with Gasteiger partial charge in [0.1, 0.15) is 12.1 Å². The van der Waals surface area contributed by atoms with Crippen LogP contribution in [0.2, 0.25) is 0 Å².